The predicted molar refractivity (Wildman–Crippen MR) is 73.4 cm³/mol. The number of nitrogens with one attached hydrogen (secondary N) is 1. The monoisotopic (exact) mass is 265 g/mol. The summed E-state index contributed by atoms with van der Waals surface area (Å²) in [7, 11) is 3.23. The quantitative estimate of drug-likeness (QED) is 0.884. The lowest BCUT2D eigenvalue weighted by Crippen LogP contribution is -2.37. The van der Waals surface area contributed by atoms with Crippen LogP contribution in [0.4, 0.5) is 0 Å². The number of rotatable bonds is 5. The molecule has 19 heavy (non-hydrogen) atoms. The molecule has 1 aromatic rings. The molecule has 0 aliphatic heterocycles. The fraction of sp³-hybridized carbons (Fsp3) is 0.714. The standard InChI is InChI=1S/C14H23N3O2/c1-14(2)7-5-6-11(14)15-8-10-12(18-3)16-9-17-13(10)19-4/h9,11,15H,5-8H2,1-4H3. The number of hydrogen-bond donors (Lipinski definition) is 1. The van der Waals surface area contributed by atoms with Crippen LogP contribution in [0.1, 0.15) is 38.7 Å². The molecule has 1 N–H and O–H groups in total. The zero-order chi connectivity index (χ0) is 13.9. The Kier molecular flexibility index (Phi) is 4.24. The molecule has 1 heterocycles. The molecule has 1 aliphatic rings. The van der Waals surface area contributed by atoms with Crippen molar-refractivity contribution in [3.05, 3.63) is 11.9 Å². The first-order chi connectivity index (χ1) is 9.08. The van der Waals surface area contributed by atoms with Gasteiger partial charge < -0.3 is 14.8 Å². The molecule has 1 aromatic heterocycles. The smallest absolute Gasteiger partial charge is 0.224 e. The van der Waals surface area contributed by atoms with Crippen LogP contribution < -0.4 is 14.8 Å². The van der Waals surface area contributed by atoms with Crippen LogP contribution in [0.2, 0.25) is 0 Å². The van der Waals surface area contributed by atoms with E-state index in [4.69, 9.17) is 9.47 Å². The van der Waals surface area contributed by atoms with E-state index in [0.29, 0.717) is 29.8 Å². The minimum absolute atomic E-state index is 0.343. The third kappa shape index (κ3) is 2.97. The Balaban J connectivity index is 2.10. The maximum atomic E-state index is 5.28. The van der Waals surface area contributed by atoms with Crippen LogP contribution in [0.3, 0.4) is 0 Å². The maximum Gasteiger partial charge on any atom is 0.224 e. The number of hydrogen-bond acceptors (Lipinski definition) is 5. The van der Waals surface area contributed by atoms with Crippen molar-refractivity contribution in [2.75, 3.05) is 14.2 Å². The van der Waals surface area contributed by atoms with Crippen molar-refractivity contribution in [2.45, 2.75) is 45.7 Å². The topological polar surface area (TPSA) is 56.3 Å². The molecule has 5 nitrogen and oxygen atoms in total. The summed E-state index contributed by atoms with van der Waals surface area (Å²) in [5.74, 6) is 1.16. The summed E-state index contributed by atoms with van der Waals surface area (Å²) in [6.07, 6.45) is 5.22. The van der Waals surface area contributed by atoms with Gasteiger partial charge in [0.25, 0.3) is 0 Å². The Labute approximate surface area is 114 Å². The number of ether oxygens (including phenoxy) is 2. The number of aromatic nitrogens is 2. The van der Waals surface area contributed by atoms with E-state index in [9.17, 15) is 0 Å². The van der Waals surface area contributed by atoms with Gasteiger partial charge in [0.1, 0.15) is 6.33 Å². The van der Waals surface area contributed by atoms with Crippen molar-refractivity contribution in [1.29, 1.82) is 0 Å². The molecule has 5 heteroatoms. The van der Waals surface area contributed by atoms with Gasteiger partial charge in [-0.2, -0.15) is 0 Å². The van der Waals surface area contributed by atoms with Crippen molar-refractivity contribution < 1.29 is 9.47 Å². The van der Waals surface area contributed by atoms with Crippen LogP contribution in [0.5, 0.6) is 11.8 Å². The summed E-state index contributed by atoms with van der Waals surface area (Å²) in [5.41, 5.74) is 1.23. The van der Waals surface area contributed by atoms with Crippen LogP contribution in [0.15, 0.2) is 6.33 Å². The van der Waals surface area contributed by atoms with Crippen LogP contribution in [0, 0.1) is 5.41 Å². The van der Waals surface area contributed by atoms with Crippen molar-refractivity contribution in [1.82, 2.24) is 15.3 Å². The highest BCUT2D eigenvalue weighted by Gasteiger charge is 2.34. The van der Waals surface area contributed by atoms with Crippen molar-refractivity contribution in [3.8, 4) is 11.8 Å². The minimum atomic E-state index is 0.343. The second kappa shape index (κ2) is 5.74. The van der Waals surface area contributed by atoms with E-state index in [-0.39, 0.29) is 0 Å². The largest absolute Gasteiger partial charge is 0.481 e. The van der Waals surface area contributed by atoms with Gasteiger partial charge in [0.2, 0.25) is 11.8 Å². The zero-order valence-corrected chi connectivity index (χ0v) is 12.2. The zero-order valence-electron chi connectivity index (χ0n) is 12.2. The Morgan fingerprint density at radius 2 is 1.89 bits per heavy atom. The number of methoxy groups -OCH3 is 2. The first kappa shape index (κ1) is 14.1. The Hall–Kier alpha value is -1.36. The van der Waals surface area contributed by atoms with Gasteiger partial charge >= 0.3 is 0 Å². The molecule has 1 fully saturated rings. The van der Waals surface area contributed by atoms with E-state index in [1.807, 2.05) is 0 Å². The van der Waals surface area contributed by atoms with E-state index in [1.165, 1.54) is 25.6 Å². The normalized spacial score (nSPS) is 21.4. The van der Waals surface area contributed by atoms with Crippen LogP contribution in [-0.2, 0) is 6.54 Å². The Morgan fingerprint density at radius 1 is 1.26 bits per heavy atom. The molecule has 0 radical (unpaired) electrons. The average molecular weight is 265 g/mol. The van der Waals surface area contributed by atoms with Gasteiger partial charge in [-0.15, -0.1) is 0 Å². The third-order valence-electron chi connectivity index (χ3n) is 4.04. The van der Waals surface area contributed by atoms with E-state index in [2.05, 4.69) is 29.1 Å². The molecule has 1 unspecified atom stereocenters. The molecule has 106 valence electrons. The van der Waals surface area contributed by atoms with Gasteiger partial charge in [-0.1, -0.05) is 20.3 Å². The summed E-state index contributed by atoms with van der Waals surface area (Å²) in [5, 5.41) is 3.60. The van der Waals surface area contributed by atoms with Gasteiger partial charge in [-0.3, -0.25) is 0 Å². The highest BCUT2D eigenvalue weighted by atomic mass is 16.5. The third-order valence-corrected chi connectivity index (χ3v) is 4.04. The van der Waals surface area contributed by atoms with Gasteiger partial charge in [-0.25, -0.2) is 9.97 Å². The predicted octanol–water partition coefficient (Wildman–Crippen LogP) is 2.16. The van der Waals surface area contributed by atoms with Gasteiger partial charge in [0.05, 0.1) is 19.8 Å². The highest BCUT2D eigenvalue weighted by molar-refractivity contribution is 5.34. The second-order valence-electron chi connectivity index (χ2n) is 5.69. The molecular formula is C14H23N3O2. The van der Waals surface area contributed by atoms with Crippen LogP contribution in [0.25, 0.3) is 0 Å². The van der Waals surface area contributed by atoms with E-state index in [1.54, 1.807) is 14.2 Å². The molecule has 0 aromatic carbocycles. The lowest BCUT2D eigenvalue weighted by Gasteiger charge is -2.28. The summed E-state index contributed by atoms with van der Waals surface area (Å²) in [6, 6.07) is 0.516. The summed E-state index contributed by atoms with van der Waals surface area (Å²) in [4.78, 5) is 8.27. The van der Waals surface area contributed by atoms with E-state index in [0.717, 1.165) is 5.56 Å². The van der Waals surface area contributed by atoms with Gasteiger partial charge in [-0.05, 0) is 18.3 Å². The van der Waals surface area contributed by atoms with Crippen molar-refractivity contribution in [2.24, 2.45) is 5.41 Å². The lowest BCUT2D eigenvalue weighted by molar-refractivity contribution is 0.278. The van der Waals surface area contributed by atoms with E-state index < -0.39 is 0 Å². The average Bonchev–Trinajstić information content (AvgIpc) is 2.74. The van der Waals surface area contributed by atoms with Crippen molar-refractivity contribution in [3.63, 3.8) is 0 Å². The fourth-order valence-electron chi connectivity index (χ4n) is 2.81. The van der Waals surface area contributed by atoms with Crippen LogP contribution in [-0.4, -0.2) is 30.2 Å². The molecule has 0 spiro atoms. The molecule has 1 atom stereocenters. The molecule has 1 saturated carbocycles. The molecule has 2 rings (SSSR count). The number of nitrogens with zero attached hydrogens (tertiary/aromatic N) is 2. The SMILES string of the molecule is COc1ncnc(OC)c1CNC1CCCC1(C)C. The first-order valence-electron chi connectivity index (χ1n) is 6.73. The second-order valence-corrected chi connectivity index (χ2v) is 5.69. The molecule has 1 aliphatic carbocycles. The highest BCUT2D eigenvalue weighted by Crippen LogP contribution is 2.37. The van der Waals surface area contributed by atoms with Gasteiger partial charge in [0.15, 0.2) is 0 Å². The van der Waals surface area contributed by atoms with Crippen LogP contribution >= 0.6 is 0 Å². The van der Waals surface area contributed by atoms with Gasteiger partial charge in [0, 0.05) is 12.6 Å². The molecule has 0 amide bonds. The summed E-state index contributed by atoms with van der Waals surface area (Å²) >= 11 is 0. The Morgan fingerprint density at radius 3 is 2.37 bits per heavy atom. The summed E-state index contributed by atoms with van der Waals surface area (Å²) < 4.78 is 10.6. The maximum absolute atomic E-state index is 5.28. The lowest BCUT2D eigenvalue weighted by atomic mass is 9.87. The first-order valence-corrected chi connectivity index (χ1v) is 6.73. The fourth-order valence-corrected chi connectivity index (χ4v) is 2.81. The summed E-state index contributed by atoms with van der Waals surface area (Å²) in [6.45, 7) is 5.29. The molecule has 0 bridgehead atoms. The van der Waals surface area contributed by atoms with Crippen molar-refractivity contribution >= 4 is 0 Å². The minimum Gasteiger partial charge on any atom is -0.481 e. The van der Waals surface area contributed by atoms with E-state index >= 15 is 0 Å². The Bertz CT molecular complexity index is 412. The molecular weight excluding hydrogens is 242 g/mol. The molecule has 0 saturated heterocycles.